The minimum Gasteiger partial charge on any atom is -0.377 e. The Hall–Kier alpha value is -0.160. The van der Waals surface area contributed by atoms with Crippen molar-refractivity contribution in [1.29, 1.82) is 0 Å². The number of ether oxygens (including phenoxy) is 2. The Bertz CT molecular complexity index is 140. The van der Waals surface area contributed by atoms with E-state index in [1.165, 1.54) is 0 Å². The molecule has 0 saturated heterocycles. The normalized spacial score (nSPS) is 14.4. The summed E-state index contributed by atoms with van der Waals surface area (Å²) < 4.78 is 11.0. The molecule has 0 fully saturated rings. The van der Waals surface area contributed by atoms with E-state index in [9.17, 15) is 0 Å². The topological polar surface area (TPSA) is 70.5 Å². The van der Waals surface area contributed by atoms with Crippen molar-refractivity contribution in [3.63, 3.8) is 0 Å². The second kappa shape index (κ2) is 7.17. The highest BCUT2D eigenvalue weighted by Crippen LogP contribution is 2.14. The fourth-order valence-corrected chi connectivity index (χ4v) is 0.981. The number of hydrogen-bond donors (Lipinski definition) is 2. The third-order valence-electron chi connectivity index (χ3n) is 2.05. The highest BCUT2D eigenvalue weighted by atomic mass is 16.5. The van der Waals surface area contributed by atoms with Crippen LogP contribution in [-0.2, 0) is 9.47 Å². The van der Waals surface area contributed by atoms with Crippen molar-refractivity contribution in [2.75, 3.05) is 26.3 Å². The molecule has 1 atom stereocenters. The minimum atomic E-state index is -0.159. The van der Waals surface area contributed by atoms with Crippen LogP contribution >= 0.6 is 0 Å². The Labute approximate surface area is 86.9 Å². The lowest BCUT2D eigenvalue weighted by molar-refractivity contribution is -0.0449. The molecule has 4 heteroatoms. The van der Waals surface area contributed by atoms with Crippen molar-refractivity contribution >= 4 is 0 Å². The van der Waals surface area contributed by atoms with Crippen molar-refractivity contribution in [3.05, 3.63) is 0 Å². The zero-order valence-corrected chi connectivity index (χ0v) is 9.58. The van der Waals surface area contributed by atoms with E-state index in [4.69, 9.17) is 20.9 Å². The van der Waals surface area contributed by atoms with Crippen LogP contribution in [0.15, 0.2) is 0 Å². The molecule has 0 aliphatic carbocycles. The molecular formula is C10H24N2O2. The Morgan fingerprint density at radius 3 is 2.36 bits per heavy atom. The van der Waals surface area contributed by atoms with E-state index in [0.29, 0.717) is 26.3 Å². The van der Waals surface area contributed by atoms with Gasteiger partial charge in [-0.05, 0) is 27.2 Å². The molecular weight excluding hydrogens is 180 g/mol. The van der Waals surface area contributed by atoms with Crippen molar-refractivity contribution in [3.8, 4) is 0 Å². The summed E-state index contributed by atoms with van der Waals surface area (Å²) in [7, 11) is 0. The van der Waals surface area contributed by atoms with Crippen LogP contribution in [0.3, 0.4) is 0 Å². The van der Waals surface area contributed by atoms with Crippen LogP contribution in [0.4, 0.5) is 0 Å². The van der Waals surface area contributed by atoms with Gasteiger partial charge in [0.1, 0.15) is 0 Å². The van der Waals surface area contributed by atoms with E-state index in [1.54, 1.807) is 0 Å². The van der Waals surface area contributed by atoms with Gasteiger partial charge in [-0.3, -0.25) is 0 Å². The Kier molecular flexibility index (Phi) is 7.09. The molecule has 0 aromatic rings. The van der Waals surface area contributed by atoms with Gasteiger partial charge < -0.3 is 20.9 Å². The standard InChI is InChI=1S/C10H24N2O2/c1-9(8-12)13-6-4-10(2,3)14-7-5-11/h9H,4-8,11-12H2,1-3H3. The van der Waals surface area contributed by atoms with Gasteiger partial charge in [-0.15, -0.1) is 0 Å². The van der Waals surface area contributed by atoms with E-state index in [0.717, 1.165) is 6.42 Å². The Morgan fingerprint density at radius 1 is 1.21 bits per heavy atom. The first kappa shape index (κ1) is 13.8. The van der Waals surface area contributed by atoms with Crippen LogP contribution in [-0.4, -0.2) is 38.0 Å². The summed E-state index contributed by atoms with van der Waals surface area (Å²) in [4.78, 5) is 0. The number of hydrogen-bond acceptors (Lipinski definition) is 4. The van der Waals surface area contributed by atoms with Gasteiger partial charge in [-0.2, -0.15) is 0 Å². The summed E-state index contributed by atoms with van der Waals surface area (Å²) >= 11 is 0. The first-order valence-electron chi connectivity index (χ1n) is 5.17. The monoisotopic (exact) mass is 204 g/mol. The number of rotatable bonds is 8. The number of nitrogens with two attached hydrogens (primary N) is 2. The van der Waals surface area contributed by atoms with Gasteiger partial charge in [0.05, 0.1) is 18.3 Å². The zero-order chi connectivity index (χ0) is 11.0. The van der Waals surface area contributed by atoms with Gasteiger partial charge in [-0.1, -0.05) is 0 Å². The van der Waals surface area contributed by atoms with Crippen molar-refractivity contribution in [1.82, 2.24) is 0 Å². The highest BCUT2D eigenvalue weighted by Gasteiger charge is 2.17. The van der Waals surface area contributed by atoms with E-state index in [2.05, 4.69) is 0 Å². The molecule has 0 aliphatic rings. The van der Waals surface area contributed by atoms with Gasteiger partial charge >= 0.3 is 0 Å². The molecule has 0 radical (unpaired) electrons. The van der Waals surface area contributed by atoms with Crippen LogP contribution in [0.25, 0.3) is 0 Å². The van der Waals surface area contributed by atoms with E-state index >= 15 is 0 Å². The van der Waals surface area contributed by atoms with Crippen LogP contribution in [0, 0.1) is 0 Å². The quantitative estimate of drug-likeness (QED) is 0.604. The maximum absolute atomic E-state index is 5.56. The molecule has 86 valence electrons. The molecule has 0 aliphatic heterocycles. The van der Waals surface area contributed by atoms with E-state index in [1.807, 2.05) is 20.8 Å². The van der Waals surface area contributed by atoms with Gasteiger partial charge in [0.15, 0.2) is 0 Å². The predicted octanol–water partition coefficient (Wildman–Crippen LogP) is 0.494. The molecule has 14 heavy (non-hydrogen) atoms. The predicted molar refractivity (Wildman–Crippen MR) is 58.2 cm³/mol. The van der Waals surface area contributed by atoms with Gasteiger partial charge in [0.2, 0.25) is 0 Å². The molecule has 0 bridgehead atoms. The summed E-state index contributed by atoms with van der Waals surface area (Å²) in [6.45, 7) is 8.44. The summed E-state index contributed by atoms with van der Waals surface area (Å²) in [5, 5.41) is 0. The Balaban J connectivity index is 3.54. The van der Waals surface area contributed by atoms with Gasteiger partial charge in [0.25, 0.3) is 0 Å². The summed E-state index contributed by atoms with van der Waals surface area (Å²) in [6.07, 6.45) is 0.984. The Morgan fingerprint density at radius 2 is 1.86 bits per heavy atom. The molecule has 0 aromatic carbocycles. The smallest absolute Gasteiger partial charge is 0.0669 e. The maximum atomic E-state index is 5.56. The van der Waals surface area contributed by atoms with E-state index in [-0.39, 0.29) is 11.7 Å². The molecule has 1 unspecified atom stereocenters. The molecule has 0 spiro atoms. The molecule has 0 aromatic heterocycles. The molecule has 0 saturated carbocycles. The zero-order valence-electron chi connectivity index (χ0n) is 9.58. The van der Waals surface area contributed by atoms with Crippen LogP contribution in [0.1, 0.15) is 27.2 Å². The largest absolute Gasteiger partial charge is 0.377 e. The lowest BCUT2D eigenvalue weighted by atomic mass is 10.1. The molecule has 0 amide bonds. The van der Waals surface area contributed by atoms with Crippen LogP contribution < -0.4 is 11.5 Å². The lowest BCUT2D eigenvalue weighted by Gasteiger charge is -2.25. The van der Waals surface area contributed by atoms with Crippen LogP contribution in [0.2, 0.25) is 0 Å². The van der Waals surface area contributed by atoms with Gasteiger partial charge in [-0.25, -0.2) is 0 Å². The minimum absolute atomic E-state index is 0.125. The summed E-state index contributed by atoms with van der Waals surface area (Å²) in [5.41, 5.74) is 10.6. The molecule has 4 nitrogen and oxygen atoms in total. The first-order valence-corrected chi connectivity index (χ1v) is 5.17. The third kappa shape index (κ3) is 7.26. The van der Waals surface area contributed by atoms with Gasteiger partial charge in [0, 0.05) is 19.7 Å². The SMILES string of the molecule is CC(CN)OCCC(C)(C)OCCN. The second-order valence-corrected chi connectivity index (χ2v) is 4.06. The van der Waals surface area contributed by atoms with E-state index < -0.39 is 0 Å². The molecule has 0 rings (SSSR count). The lowest BCUT2D eigenvalue weighted by Crippen LogP contribution is -2.30. The fraction of sp³-hybridized carbons (Fsp3) is 1.00. The van der Waals surface area contributed by atoms with Crippen molar-refractivity contribution < 1.29 is 9.47 Å². The average molecular weight is 204 g/mol. The first-order chi connectivity index (χ1) is 6.52. The van der Waals surface area contributed by atoms with Crippen molar-refractivity contribution in [2.45, 2.75) is 38.9 Å². The second-order valence-electron chi connectivity index (χ2n) is 4.06. The molecule has 0 heterocycles. The summed E-state index contributed by atoms with van der Waals surface area (Å²) in [5.74, 6) is 0. The molecule has 4 N–H and O–H groups in total. The average Bonchev–Trinajstić information content (AvgIpc) is 2.14. The third-order valence-corrected chi connectivity index (χ3v) is 2.05. The summed E-state index contributed by atoms with van der Waals surface area (Å²) in [6, 6.07) is 0. The fourth-order valence-electron chi connectivity index (χ4n) is 0.981. The van der Waals surface area contributed by atoms with Crippen molar-refractivity contribution in [2.24, 2.45) is 11.5 Å². The maximum Gasteiger partial charge on any atom is 0.0669 e. The highest BCUT2D eigenvalue weighted by molar-refractivity contribution is 4.68. The van der Waals surface area contributed by atoms with Crippen LogP contribution in [0.5, 0.6) is 0 Å².